The van der Waals surface area contributed by atoms with E-state index in [1.165, 1.54) is 4.90 Å². The van der Waals surface area contributed by atoms with Crippen molar-refractivity contribution < 1.29 is 14.3 Å². The molecule has 3 rings (SSSR count). The lowest BCUT2D eigenvalue weighted by atomic mass is 10.0. The quantitative estimate of drug-likeness (QED) is 0.675. The van der Waals surface area contributed by atoms with Crippen molar-refractivity contribution in [3.63, 3.8) is 0 Å². The Morgan fingerprint density at radius 3 is 2.38 bits per heavy atom. The first-order valence-electron chi connectivity index (χ1n) is 8.33. The van der Waals surface area contributed by atoms with Crippen LogP contribution in [0.15, 0.2) is 54.6 Å². The normalized spacial score (nSPS) is 10.6. The number of pyridine rings is 1. The molecule has 2 aromatic carbocycles. The van der Waals surface area contributed by atoms with Gasteiger partial charge in [-0.2, -0.15) is 0 Å². The second-order valence-electron chi connectivity index (χ2n) is 6.08. The minimum atomic E-state index is -0.534. The van der Waals surface area contributed by atoms with Gasteiger partial charge < -0.3 is 9.64 Å². The molecule has 5 nitrogen and oxygen atoms in total. The summed E-state index contributed by atoms with van der Waals surface area (Å²) in [5.74, 6) is -0.832. The molecule has 0 aliphatic heterocycles. The van der Waals surface area contributed by atoms with Crippen molar-refractivity contribution in [1.29, 1.82) is 0 Å². The highest BCUT2D eigenvalue weighted by Gasteiger charge is 2.20. The van der Waals surface area contributed by atoms with Crippen LogP contribution in [0.3, 0.4) is 0 Å². The van der Waals surface area contributed by atoms with E-state index >= 15 is 0 Å². The summed E-state index contributed by atoms with van der Waals surface area (Å²) in [6.45, 7) is 3.31. The molecule has 1 aromatic heterocycles. The summed E-state index contributed by atoms with van der Waals surface area (Å²) in [6.07, 6.45) is 0. The van der Waals surface area contributed by atoms with Crippen molar-refractivity contribution in [3.8, 4) is 0 Å². The van der Waals surface area contributed by atoms with Gasteiger partial charge in [-0.3, -0.25) is 9.78 Å². The summed E-state index contributed by atoms with van der Waals surface area (Å²) in [5.41, 5.74) is 3.39. The van der Waals surface area contributed by atoms with Crippen molar-refractivity contribution >= 4 is 28.5 Å². The Hall–Kier alpha value is -3.21. The van der Waals surface area contributed by atoms with Gasteiger partial charge >= 0.3 is 5.97 Å². The van der Waals surface area contributed by atoms with E-state index in [4.69, 9.17) is 4.74 Å². The third-order valence-electron chi connectivity index (χ3n) is 4.38. The first kappa shape index (κ1) is 17.6. The van der Waals surface area contributed by atoms with Crippen LogP contribution >= 0.6 is 0 Å². The number of amides is 1. The van der Waals surface area contributed by atoms with E-state index in [1.54, 1.807) is 14.0 Å². The van der Waals surface area contributed by atoms with Gasteiger partial charge in [-0.15, -0.1) is 0 Å². The van der Waals surface area contributed by atoms with E-state index < -0.39 is 5.97 Å². The van der Waals surface area contributed by atoms with Crippen molar-refractivity contribution in [2.75, 3.05) is 18.6 Å². The number of hydrogen-bond acceptors (Lipinski definition) is 4. The lowest BCUT2D eigenvalue weighted by Gasteiger charge is -2.17. The average molecular weight is 348 g/mol. The zero-order chi connectivity index (χ0) is 18.7. The van der Waals surface area contributed by atoms with Crippen molar-refractivity contribution in [2.24, 2.45) is 0 Å². The van der Waals surface area contributed by atoms with E-state index in [0.717, 1.165) is 22.2 Å². The standard InChI is InChI=1S/C21H20N2O3/c1-14-17-11-7-8-12-18(17)22-15(2)20(14)21(25)26-13-19(24)23(3)16-9-5-4-6-10-16/h4-12H,13H2,1-3H3. The molecule has 0 aliphatic carbocycles. The molecular formula is C21H20N2O3. The van der Waals surface area contributed by atoms with Crippen LogP contribution in [-0.4, -0.2) is 30.5 Å². The van der Waals surface area contributed by atoms with E-state index in [1.807, 2.05) is 61.5 Å². The summed E-state index contributed by atoms with van der Waals surface area (Å²) in [6, 6.07) is 16.8. The Morgan fingerprint density at radius 1 is 1.00 bits per heavy atom. The van der Waals surface area contributed by atoms with Crippen molar-refractivity contribution in [2.45, 2.75) is 13.8 Å². The number of aryl methyl sites for hydroxylation is 2. The maximum absolute atomic E-state index is 12.6. The Morgan fingerprint density at radius 2 is 1.65 bits per heavy atom. The number of aromatic nitrogens is 1. The van der Waals surface area contributed by atoms with Gasteiger partial charge in [-0.1, -0.05) is 36.4 Å². The van der Waals surface area contributed by atoms with E-state index in [-0.39, 0.29) is 12.5 Å². The first-order valence-corrected chi connectivity index (χ1v) is 8.33. The molecule has 0 saturated heterocycles. The lowest BCUT2D eigenvalue weighted by Crippen LogP contribution is -2.31. The molecule has 0 aliphatic rings. The summed E-state index contributed by atoms with van der Waals surface area (Å²) >= 11 is 0. The van der Waals surface area contributed by atoms with Crippen LogP contribution in [-0.2, 0) is 9.53 Å². The summed E-state index contributed by atoms with van der Waals surface area (Å²) in [5, 5.41) is 0.901. The van der Waals surface area contributed by atoms with Crippen LogP contribution in [0.4, 0.5) is 5.69 Å². The van der Waals surface area contributed by atoms with Gasteiger partial charge in [0.05, 0.1) is 16.8 Å². The van der Waals surface area contributed by atoms with E-state index in [9.17, 15) is 9.59 Å². The molecule has 0 unspecified atom stereocenters. The molecular weight excluding hydrogens is 328 g/mol. The Balaban J connectivity index is 1.76. The van der Waals surface area contributed by atoms with Crippen LogP contribution < -0.4 is 4.90 Å². The molecule has 0 radical (unpaired) electrons. The second kappa shape index (κ2) is 7.35. The smallest absolute Gasteiger partial charge is 0.340 e. The Kier molecular flexibility index (Phi) is 4.98. The fourth-order valence-electron chi connectivity index (χ4n) is 2.92. The predicted octanol–water partition coefficient (Wildman–Crippen LogP) is 3.67. The molecule has 0 bridgehead atoms. The van der Waals surface area contributed by atoms with Gasteiger partial charge in [-0.05, 0) is 37.6 Å². The lowest BCUT2D eigenvalue weighted by molar-refractivity contribution is -0.121. The number of carbonyl (C=O) groups is 2. The molecule has 0 N–H and O–H groups in total. The molecule has 132 valence electrons. The summed E-state index contributed by atoms with van der Waals surface area (Å²) in [7, 11) is 1.65. The molecule has 3 aromatic rings. The number of benzene rings is 2. The second-order valence-corrected chi connectivity index (χ2v) is 6.08. The van der Waals surface area contributed by atoms with Gasteiger partial charge in [0.1, 0.15) is 0 Å². The van der Waals surface area contributed by atoms with Crippen LogP contribution in [0.1, 0.15) is 21.6 Å². The molecule has 0 fully saturated rings. The highest BCUT2D eigenvalue weighted by atomic mass is 16.5. The van der Waals surface area contributed by atoms with Crippen LogP contribution in [0, 0.1) is 13.8 Å². The number of hydrogen-bond donors (Lipinski definition) is 0. The Labute approximate surface area is 152 Å². The third kappa shape index (κ3) is 3.42. The SMILES string of the molecule is Cc1nc2ccccc2c(C)c1C(=O)OCC(=O)N(C)c1ccccc1. The van der Waals surface area contributed by atoms with Crippen molar-refractivity contribution in [3.05, 3.63) is 71.4 Å². The van der Waals surface area contributed by atoms with Crippen LogP contribution in [0.25, 0.3) is 10.9 Å². The third-order valence-corrected chi connectivity index (χ3v) is 4.38. The molecule has 1 amide bonds. The molecule has 26 heavy (non-hydrogen) atoms. The molecule has 0 spiro atoms. The molecule has 1 heterocycles. The largest absolute Gasteiger partial charge is 0.452 e. The van der Waals surface area contributed by atoms with Crippen LogP contribution in [0.2, 0.25) is 0 Å². The maximum Gasteiger partial charge on any atom is 0.340 e. The number of para-hydroxylation sites is 2. The highest BCUT2D eigenvalue weighted by Crippen LogP contribution is 2.23. The zero-order valence-corrected chi connectivity index (χ0v) is 15.0. The number of likely N-dealkylation sites (N-methyl/N-ethyl adjacent to an activating group) is 1. The van der Waals surface area contributed by atoms with Crippen LogP contribution in [0.5, 0.6) is 0 Å². The maximum atomic E-state index is 12.6. The number of nitrogens with zero attached hydrogens (tertiary/aromatic N) is 2. The average Bonchev–Trinajstić information content (AvgIpc) is 2.66. The number of carbonyl (C=O) groups excluding carboxylic acids is 2. The van der Waals surface area contributed by atoms with E-state index in [2.05, 4.69) is 4.98 Å². The highest BCUT2D eigenvalue weighted by molar-refractivity contribution is 6.00. The molecule has 5 heteroatoms. The van der Waals surface area contributed by atoms with Gasteiger partial charge in [0.15, 0.2) is 6.61 Å². The topological polar surface area (TPSA) is 59.5 Å². The number of esters is 1. The summed E-state index contributed by atoms with van der Waals surface area (Å²) in [4.78, 5) is 30.8. The Bertz CT molecular complexity index is 968. The van der Waals surface area contributed by atoms with Gasteiger partial charge in [0, 0.05) is 18.1 Å². The van der Waals surface area contributed by atoms with Gasteiger partial charge in [0.2, 0.25) is 0 Å². The van der Waals surface area contributed by atoms with Gasteiger partial charge in [-0.25, -0.2) is 4.79 Å². The van der Waals surface area contributed by atoms with Crippen molar-refractivity contribution in [1.82, 2.24) is 4.98 Å². The monoisotopic (exact) mass is 348 g/mol. The molecule has 0 saturated carbocycles. The van der Waals surface area contributed by atoms with E-state index in [0.29, 0.717) is 11.3 Å². The fraction of sp³-hybridized carbons (Fsp3) is 0.190. The first-order chi connectivity index (χ1) is 12.5. The minimum Gasteiger partial charge on any atom is -0.452 e. The zero-order valence-electron chi connectivity index (χ0n) is 15.0. The number of rotatable bonds is 4. The minimum absolute atomic E-state index is 0.298. The fourth-order valence-corrected chi connectivity index (χ4v) is 2.92. The van der Waals surface area contributed by atoms with Gasteiger partial charge in [0.25, 0.3) is 5.91 Å². The number of fused-ring (bicyclic) bond motifs is 1. The predicted molar refractivity (Wildman–Crippen MR) is 101 cm³/mol. The molecule has 0 atom stereocenters. The summed E-state index contributed by atoms with van der Waals surface area (Å²) < 4.78 is 5.27. The number of anilines is 1. The number of ether oxygens (including phenoxy) is 1.